The second-order valence-corrected chi connectivity index (χ2v) is 11.1. The summed E-state index contributed by atoms with van der Waals surface area (Å²) in [4.78, 5) is 0. The molecule has 0 aliphatic heterocycles. The fourth-order valence-electron chi connectivity index (χ4n) is 6.23. The Balaban J connectivity index is 2.29. The van der Waals surface area contributed by atoms with Crippen LogP contribution in [-0.2, 0) is 10.8 Å². The number of pyridine rings is 1. The van der Waals surface area contributed by atoms with E-state index in [1.54, 1.807) is 0 Å². The van der Waals surface area contributed by atoms with Crippen molar-refractivity contribution < 1.29 is 8.63 Å². The van der Waals surface area contributed by atoms with Gasteiger partial charge in [-0.1, -0.05) is 70.3 Å². The van der Waals surface area contributed by atoms with Crippen LogP contribution in [0.5, 0.6) is 0 Å². The molecule has 0 saturated carbocycles. The summed E-state index contributed by atoms with van der Waals surface area (Å²) in [6, 6.07) is 10.6. The lowest BCUT2D eigenvalue weighted by molar-refractivity contribution is -0.587. The van der Waals surface area contributed by atoms with Crippen LogP contribution in [0.4, 0.5) is 0 Å². The summed E-state index contributed by atoms with van der Waals surface area (Å²) in [6.07, 6.45) is 0. The van der Waals surface area contributed by atoms with E-state index in [1.807, 2.05) is 6.07 Å². The van der Waals surface area contributed by atoms with Gasteiger partial charge in [0.1, 0.15) is 0 Å². The number of para-hydroxylation sites is 1. The smallest absolute Gasteiger partial charge is 0.149 e. The van der Waals surface area contributed by atoms with Gasteiger partial charge in [0.15, 0.2) is 0 Å². The van der Waals surface area contributed by atoms with Crippen molar-refractivity contribution in [1.82, 2.24) is 4.68 Å². The molecule has 31 heavy (non-hydrogen) atoms. The SMILES string of the molecule is [2H]C([2H])([2H])c1ccc2c3c1c1cccc(C(C)C)c1[n+]1c3c(c(C)n1C(C)C)C(C)(C)C2(C)C. The molecule has 0 unspecified atom stereocenters. The molecule has 2 heterocycles. The van der Waals surface area contributed by atoms with Gasteiger partial charge in [0, 0.05) is 20.5 Å². The number of rotatable bonds is 2. The molecule has 0 fully saturated rings. The van der Waals surface area contributed by atoms with Gasteiger partial charge >= 0.3 is 0 Å². The monoisotopic (exact) mass is 416 g/mol. The lowest BCUT2D eigenvalue weighted by atomic mass is 9.57. The van der Waals surface area contributed by atoms with Crippen molar-refractivity contribution in [3.8, 4) is 0 Å². The number of aryl methyl sites for hydroxylation is 1. The Bertz CT molecular complexity index is 1500. The average molecular weight is 417 g/mol. The summed E-state index contributed by atoms with van der Waals surface area (Å²) in [5.41, 5.74) is 7.57. The Morgan fingerprint density at radius 2 is 1.61 bits per heavy atom. The molecule has 0 radical (unpaired) electrons. The number of fused-ring (bicyclic) bond motifs is 3. The Morgan fingerprint density at radius 1 is 0.903 bits per heavy atom. The third-order valence-corrected chi connectivity index (χ3v) is 8.33. The third-order valence-electron chi connectivity index (χ3n) is 8.33. The van der Waals surface area contributed by atoms with Crippen LogP contribution in [0.15, 0.2) is 30.3 Å². The van der Waals surface area contributed by atoms with Gasteiger partial charge in [0.2, 0.25) is 11.0 Å². The molecule has 2 aromatic heterocycles. The van der Waals surface area contributed by atoms with Crippen LogP contribution >= 0.6 is 0 Å². The Hall–Kier alpha value is -2.35. The third kappa shape index (κ3) is 2.26. The van der Waals surface area contributed by atoms with Crippen LogP contribution in [0.2, 0.25) is 0 Å². The summed E-state index contributed by atoms with van der Waals surface area (Å²) in [5, 5.41) is 3.05. The second kappa shape index (κ2) is 6.12. The summed E-state index contributed by atoms with van der Waals surface area (Å²) in [6.45, 7) is 18.3. The molecular formula is C29H37N2+. The molecule has 1 aliphatic carbocycles. The molecule has 5 rings (SSSR count). The van der Waals surface area contributed by atoms with E-state index in [0.717, 1.165) is 21.7 Å². The standard InChI is InChI=1S/C29H37N2/c1-16(2)20-12-11-13-21-23-18(5)14-15-22-24(23)27-25(29(9,10)28(22,7)8)19(6)30(17(3)4)31(27)26(20)21/h11-17H,1-10H3/q+1/i5D3. The maximum absolute atomic E-state index is 8.43. The minimum atomic E-state index is -2.19. The minimum Gasteiger partial charge on any atom is -0.149 e. The minimum absolute atomic E-state index is 0.135. The highest BCUT2D eigenvalue weighted by atomic mass is 15.4. The predicted octanol–water partition coefficient (Wildman–Crippen LogP) is 7.42. The Labute approximate surface area is 191 Å². The molecule has 0 N–H and O–H groups in total. The first-order chi connectivity index (χ1) is 15.6. The predicted molar refractivity (Wildman–Crippen MR) is 133 cm³/mol. The molecule has 1 aliphatic rings. The molecule has 2 aromatic carbocycles. The lowest BCUT2D eigenvalue weighted by Crippen LogP contribution is -2.44. The van der Waals surface area contributed by atoms with Crippen LogP contribution in [0, 0.1) is 13.8 Å². The van der Waals surface area contributed by atoms with E-state index in [4.69, 9.17) is 4.11 Å². The molecule has 0 spiro atoms. The number of aromatic nitrogens is 2. The maximum Gasteiger partial charge on any atom is 0.250 e. The van der Waals surface area contributed by atoms with Crippen LogP contribution < -0.4 is 4.52 Å². The summed E-state index contributed by atoms with van der Waals surface area (Å²) < 4.78 is 30.2. The molecule has 2 heteroatoms. The van der Waals surface area contributed by atoms with E-state index in [0.29, 0.717) is 11.5 Å². The van der Waals surface area contributed by atoms with Crippen molar-refractivity contribution >= 4 is 27.2 Å². The fourth-order valence-corrected chi connectivity index (χ4v) is 6.23. The van der Waals surface area contributed by atoms with Crippen LogP contribution in [0.3, 0.4) is 0 Å². The molecule has 2 nitrogen and oxygen atoms in total. The highest BCUT2D eigenvalue weighted by Crippen LogP contribution is 2.54. The van der Waals surface area contributed by atoms with E-state index < -0.39 is 6.85 Å². The highest BCUT2D eigenvalue weighted by molar-refractivity contribution is 6.15. The quantitative estimate of drug-likeness (QED) is 0.237. The summed E-state index contributed by atoms with van der Waals surface area (Å²) in [5.74, 6) is 0.308. The van der Waals surface area contributed by atoms with E-state index in [2.05, 4.69) is 95.8 Å². The molecule has 0 bridgehead atoms. The van der Waals surface area contributed by atoms with E-state index in [9.17, 15) is 0 Å². The van der Waals surface area contributed by atoms with Crippen LogP contribution in [0.1, 0.15) is 99.4 Å². The normalized spacial score (nSPS) is 19.0. The van der Waals surface area contributed by atoms with Gasteiger partial charge in [-0.3, -0.25) is 0 Å². The van der Waals surface area contributed by atoms with Crippen molar-refractivity contribution in [3.05, 3.63) is 58.3 Å². The number of hydrogen-bond acceptors (Lipinski definition) is 0. The maximum atomic E-state index is 8.43. The topological polar surface area (TPSA) is 9.03 Å². The summed E-state index contributed by atoms with van der Waals surface area (Å²) in [7, 11) is 0. The van der Waals surface area contributed by atoms with Crippen molar-refractivity contribution in [3.63, 3.8) is 0 Å². The van der Waals surface area contributed by atoms with Gasteiger partial charge in [-0.25, -0.2) is 0 Å². The zero-order chi connectivity index (χ0) is 25.1. The largest absolute Gasteiger partial charge is 0.250 e. The van der Waals surface area contributed by atoms with Gasteiger partial charge < -0.3 is 0 Å². The van der Waals surface area contributed by atoms with Crippen molar-refractivity contribution in [2.75, 3.05) is 0 Å². The molecule has 4 aromatic rings. The van der Waals surface area contributed by atoms with Gasteiger partial charge in [0.25, 0.3) is 0 Å². The Morgan fingerprint density at radius 3 is 2.23 bits per heavy atom. The van der Waals surface area contributed by atoms with Gasteiger partial charge in [-0.2, -0.15) is 0 Å². The summed E-state index contributed by atoms with van der Waals surface area (Å²) >= 11 is 0. The van der Waals surface area contributed by atoms with Crippen molar-refractivity contribution in [2.24, 2.45) is 0 Å². The lowest BCUT2D eigenvalue weighted by Gasteiger charge is -2.44. The second-order valence-electron chi connectivity index (χ2n) is 11.1. The molecule has 0 atom stereocenters. The van der Waals surface area contributed by atoms with E-state index >= 15 is 0 Å². The first kappa shape index (κ1) is 17.2. The van der Waals surface area contributed by atoms with E-state index in [-0.39, 0.29) is 16.9 Å². The van der Waals surface area contributed by atoms with Crippen molar-refractivity contribution in [2.45, 2.75) is 92.0 Å². The molecular weight excluding hydrogens is 376 g/mol. The van der Waals surface area contributed by atoms with Gasteiger partial charge in [-0.15, -0.1) is 4.68 Å². The van der Waals surface area contributed by atoms with Crippen molar-refractivity contribution in [1.29, 1.82) is 0 Å². The van der Waals surface area contributed by atoms with Crippen LogP contribution in [-0.4, -0.2) is 4.68 Å². The Kier molecular flexibility index (Phi) is 3.40. The van der Waals surface area contributed by atoms with E-state index in [1.165, 1.54) is 27.9 Å². The molecule has 162 valence electrons. The number of benzene rings is 2. The zero-order valence-corrected chi connectivity index (χ0v) is 20.4. The first-order valence-electron chi connectivity index (χ1n) is 13.1. The zero-order valence-electron chi connectivity index (χ0n) is 23.4. The number of hydrogen-bond donors (Lipinski definition) is 0. The highest BCUT2D eigenvalue weighted by Gasteiger charge is 2.51. The fraction of sp³-hybridized carbons (Fsp3) is 0.483. The average Bonchev–Trinajstić information content (AvgIpc) is 3.04. The molecule has 0 amide bonds. The van der Waals surface area contributed by atoms with Gasteiger partial charge in [0.05, 0.1) is 28.1 Å². The van der Waals surface area contributed by atoms with Gasteiger partial charge in [-0.05, 0) is 56.1 Å². The molecule has 0 saturated heterocycles. The number of nitrogens with zero attached hydrogens (tertiary/aromatic N) is 2. The van der Waals surface area contributed by atoms with Crippen LogP contribution in [0.25, 0.3) is 27.2 Å². The first-order valence-corrected chi connectivity index (χ1v) is 11.6.